The van der Waals surface area contributed by atoms with E-state index in [1.54, 1.807) is 6.92 Å². The van der Waals surface area contributed by atoms with E-state index >= 15 is 0 Å². The van der Waals surface area contributed by atoms with Crippen LogP contribution in [0.1, 0.15) is 4.88 Å². The van der Waals surface area contributed by atoms with Gasteiger partial charge in [-0.1, -0.05) is 23.2 Å². The molecule has 0 aliphatic heterocycles. The second-order valence-corrected chi connectivity index (χ2v) is 3.80. The van der Waals surface area contributed by atoms with Crippen molar-refractivity contribution in [2.45, 2.75) is 6.92 Å². The lowest BCUT2D eigenvalue weighted by Gasteiger charge is -1.84. The van der Waals surface area contributed by atoms with E-state index in [0.29, 0.717) is 4.34 Å². The second kappa shape index (κ2) is 2.37. The monoisotopic (exact) mass is 182 g/mol. The number of thiophene rings is 1. The standard InChI is InChI=1S/C5H4Cl2OS/c1-2-4(8)3(6)5(7)9-2/h8H,1H3. The van der Waals surface area contributed by atoms with Crippen molar-refractivity contribution < 1.29 is 5.11 Å². The highest BCUT2D eigenvalue weighted by Crippen LogP contribution is 2.40. The normalized spacial score (nSPS) is 10.1. The molecule has 1 N–H and O–H groups in total. The van der Waals surface area contributed by atoms with Gasteiger partial charge in [0.1, 0.15) is 15.1 Å². The molecule has 0 saturated heterocycles. The molecule has 1 heterocycles. The van der Waals surface area contributed by atoms with Crippen LogP contribution in [0.15, 0.2) is 0 Å². The first-order chi connectivity index (χ1) is 4.13. The molecule has 4 heteroatoms. The molecule has 0 aliphatic rings. The molecule has 0 aliphatic carbocycles. The predicted molar refractivity (Wildman–Crippen MR) is 40.7 cm³/mol. The first-order valence-electron chi connectivity index (χ1n) is 2.26. The molecule has 0 saturated carbocycles. The smallest absolute Gasteiger partial charge is 0.149 e. The van der Waals surface area contributed by atoms with Gasteiger partial charge in [0, 0.05) is 4.88 Å². The molecule has 0 bridgehead atoms. The highest BCUT2D eigenvalue weighted by atomic mass is 35.5. The highest BCUT2D eigenvalue weighted by Gasteiger charge is 2.09. The van der Waals surface area contributed by atoms with Crippen LogP contribution >= 0.6 is 34.5 Å². The van der Waals surface area contributed by atoms with Crippen molar-refractivity contribution in [1.82, 2.24) is 0 Å². The van der Waals surface area contributed by atoms with E-state index in [1.807, 2.05) is 0 Å². The molecule has 0 amide bonds. The Labute approximate surface area is 66.8 Å². The third-order valence-electron chi connectivity index (χ3n) is 0.957. The summed E-state index contributed by atoms with van der Waals surface area (Å²) in [5.74, 6) is 0.103. The summed E-state index contributed by atoms with van der Waals surface area (Å²) in [6.07, 6.45) is 0. The fraction of sp³-hybridized carbons (Fsp3) is 0.200. The maximum Gasteiger partial charge on any atom is 0.149 e. The molecular formula is C5H4Cl2OS. The maximum absolute atomic E-state index is 9.02. The molecule has 1 aromatic rings. The maximum atomic E-state index is 9.02. The van der Waals surface area contributed by atoms with Gasteiger partial charge < -0.3 is 5.11 Å². The molecule has 0 spiro atoms. The van der Waals surface area contributed by atoms with Crippen LogP contribution in [0.5, 0.6) is 5.75 Å². The van der Waals surface area contributed by atoms with Gasteiger partial charge in [-0.2, -0.15) is 0 Å². The third-order valence-corrected chi connectivity index (χ3v) is 2.84. The molecule has 0 aromatic carbocycles. The van der Waals surface area contributed by atoms with Crippen molar-refractivity contribution >= 4 is 34.5 Å². The van der Waals surface area contributed by atoms with Gasteiger partial charge in [0.15, 0.2) is 0 Å². The van der Waals surface area contributed by atoms with Crippen LogP contribution in [-0.2, 0) is 0 Å². The van der Waals surface area contributed by atoms with E-state index < -0.39 is 0 Å². The summed E-state index contributed by atoms with van der Waals surface area (Å²) in [6, 6.07) is 0. The third kappa shape index (κ3) is 1.16. The molecule has 0 unspecified atom stereocenters. The molecule has 1 nitrogen and oxygen atoms in total. The minimum atomic E-state index is 0.103. The van der Waals surface area contributed by atoms with Crippen molar-refractivity contribution in [2.24, 2.45) is 0 Å². The first-order valence-corrected chi connectivity index (χ1v) is 3.83. The Morgan fingerprint density at radius 3 is 2.11 bits per heavy atom. The molecule has 1 aromatic heterocycles. The largest absolute Gasteiger partial charge is 0.505 e. The summed E-state index contributed by atoms with van der Waals surface area (Å²) >= 11 is 12.4. The van der Waals surface area contributed by atoms with Crippen molar-refractivity contribution in [3.05, 3.63) is 14.2 Å². The SMILES string of the molecule is Cc1sc(Cl)c(Cl)c1O. The van der Waals surface area contributed by atoms with E-state index in [9.17, 15) is 0 Å². The lowest BCUT2D eigenvalue weighted by atomic mass is 10.5. The van der Waals surface area contributed by atoms with Crippen molar-refractivity contribution in [1.29, 1.82) is 0 Å². The van der Waals surface area contributed by atoms with Gasteiger partial charge in [0.25, 0.3) is 0 Å². The zero-order chi connectivity index (χ0) is 7.02. The van der Waals surface area contributed by atoms with Gasteiger partial charge >= 0.3 is 0 Å². The fourth-order valence-electron chi connectivity index (χ4n) is 0.475. The number of hydrogen-bond donors (Lipinski definition) is 1. The van der Waals surface area contributed by atoms with Crippen molar-refractivity contribution in [2.75, 3.05) is 0 Å². The minimum absolute atomic E-state index is 0.103. The van der Waals surface area contributed by atoms with Crippen LogP contribution in [0.25, 0.3) is 0 Å². The summed E-state index contributed by atoms with van der Waals surface area (Å²) in [5, 5.41) is 9.28. The van der Waals surface area contributed by atoms with E-state index in [-0.39, 0.29) is 10.8 Å². The summed E-state index contributed by atoms with van der Waals surface area (Å²) in [6.45, 7) is 1.76. The average Bonchev–Trinajstić information content (AvgIpc) is 1.98. The average molecular weight is 183 g/mol. The molecule has 0 atom stereocenters. The van der Waals surface area contributed by atoms with Gasteiger partial charge in [-0.25, -0.2) is 0 Å². The Morgan fingerprint density at radius 2 is 2.00 bits per heavy atom. The van der Waals surface area contributed by atoms with Gasteiger partial charge in [0.05, 0.1) is 0 Å². The zero-order valence-electron chi connectivity index (χ0n) is 4.61. The van der Waals surface area contributed by atoms with Crippen LogP contribution in [0.4, 0.5) is 0 Å². The summed E-state index contributed by atoms with van der Waals surface area (Å²) in [5.41, 5.74) is 0. The number of hydrogen-bond acceptors (Lipinski definition) is 2. The topological polar surface area (TPSA) is 20.2 Å². The quantitative estimate of drug-likeness (QED) is 0.655. The molecule has 9 heavy (non-hydrogen) atoms. The fourth-order valence-corrected chi connectivity index (χ4v) is 1.88. The molecule has 1 rings (SSSR count). The van der Waals surface area contributed by atoms with E-state index in [2.05, 4.69) is 0 Å². The van der Waals surface area contributed by atoms with Crippen LogP contribution in [0, 0.1) is 6.92 Å². The van der Waals surface area contributed by atoms with Gasteiger partial charge in [0.2, 0.25) is 0 Å². The van der Waals surface area contributed by atoms with Crippen molar-refractivity contribution in [3.63, 3.8) is 0 Å². The summed E-state index contributed by atoms with van der Waals surface area (Å²) < 4.78 is 0.451. The summed E-state index contributed by atoms with van der Waals surface area (Å²) in [7, 11) is 0. The predicted octanol–water partition coefficient (Wildman–Crippen LogP) is 3.07. The molecule has 0 radical (unpaired) electrons. The Morgan fingerprint density at radius 1 is 1.44 bits per heavy atom. The summed E-state index contributed by atoms with van der Waals surface area (Å²) in [4.78, 5) is 0.755. The highest BCUT2D eigenvalue weighted by molar-refractivity contribution is 7.17. The van der Waals surface area contributed by atoms with Crippen molar-refractivity contribution in [3.8, 4) is 5.75 Å². The lowest BCUT2D eigenvalue weighted by Crippen LogP contribution is -1.58. The number of halogens is 2. The van der Waals surface area contributed by atoms with Crippen LogP contribution in [-0.4, -0.2) is 5.11 Å². The van der Waals surface area contributed by atoms with Crippen LogP contribution in [0.3, 0.4) is 0 Å². The lowest BCUT2D eigenvalue weighted by molar-refractivity contribution is 0.474. The Balaban J connectivity index is 3.29. The van der Waals surface area contributed by atoms with Gasteiger partial charge in [-0.05, 0) is 6.92 Å². The van der Waals surface area contributed by atoms with E-state index in [4.69, 9.17) is 28.3 Å². The number of aromatic hydroxyl groups is 1. The molecule has 50 valence electrons. The minimum Gasteiger partial charge on any atom is -0.505 e. The van der Waals surface area contributed by atoms with Gasteiger partial charge in [-0.15, -0.1) is 11.3 Å². The van der Waals surface area contributed by atoms with Crippen LogP contribution in [0.2, 0.25) is 9.36 Å². The Kier molecular flexibility index (Phi) is 1.89. The molecule has 0 fully saturated rings. The number of rotatable bonds is 0. The Hall–Kier alpha value is 0.0800. The number of aryl methyl sites for hydroxylation is 1. The molecular weight excluding hydrogens is 179 g/mol. The van der Waals surface area contributed by atoms with E-state index in [0.717, 1.165) is 4.88 Å². The van der Waals surface area contributed by atoms with E-state index in [1.165, 1.54) is 11.3 Å². The second-order valence-electron chi connectivity index (χ2n) is 1.59. The van der Waals surface area contributed by atoms with Crippen LogP contribution < -0.4 is 0 Å². The van der Waals surface area contributed by atoms with Gasteiger partial charge in [-0.3, -0.25) is 0 Å². The Bertz CT molecular complexity index is 209. The zero-order valence-corrected chi connectivity index (χ0v) is 6.94. The first kappa shape index (κ1) is 7.19.